The monoisotopic (exact) mass is 222 g/mol. The van der Waals surface area contributed by atoms with E-state index in [0.717, 1.165) is 12.8 Å². The lowest BCUT2D eigenvalue weighted by Crippen LogP contribution is -1.90. The van der Waals surface area contributed by atoms with Crippen molar-refractivity contribution in [2.45, 2.75) is 18.7 Å². The fourth-order valence-corrected chi connectivity index (χ4v) is 1.45. The van der Waals surface area contributed by atoms with E-state index >= 15 is 0 Å². The van der Waals surface area contributed by atoms with E-state index in [1.165, 1.54) is 5.56 Å². The predicted octanol–water partition coefficient (Wildman–Crippen LogP) is 2.59. The summed E-state index contributed by atoms with van der Waals surface area (Å²) in [6.45, 7) is 0. The van der Waals surface area contributed by atoms with Crippen molar-refractivity contribution in [1.29, 1.82) is 0 Å². The van der Waals surface area contributed by atoms with Gasteiger partial charge in [0.15, 0.2) is 0 Å². The summed E-state index contributed by atoms with van der Waals surface area (Å²) >= 11 is 5.56. The normalized spacial score (nSPS) is 10.5. The molecule has 0 amide bonds. The average Bonchev–Trinajstić information content (AvgIpc) is 2.76. The van der Waals surface area contributed by atoms with E-state index in [-0.39, 0.29) is 5.88 Å². The van der Waals surface area contributed by atoms with Gasteiger partial charge in [0.2, 0.25) is 11.8 Å². The first-order valence-corrected chi connectivity index (χ1v) is 5.33. The van der Waals surface area contributed by atoms with Crippen molar-refractivity contribution in [1.82, 2.24) is 10.2 Å². The molecule has 0 bridgehead atoms. The van der Waals surface area contributed by atoms with E-state index in [1.54, 1.807) is 0 Å². The lowest BCUT2D eigenvalue weighted by Gasteiger charge is -1.96. The van der Waals surface area contributed by atoms with Crippen LogP contribution in [0.3, 0.4) is 0 Å². The fourth-order valence-electron chi connectivity index (χ4n) is 1.34. The number of benzene rings is 1. The highest BCUT2D eigenvalue weighted by Gasteiger charge is 2.04. The van der Waals surface area contributed by atoms with Crippen LogP contribution < -0.4 is 0 Å². The summed E-state index contributed by atoms with van der Waals surface area (Å²) in [7, 11) is 0. The van der Waals surface area contributed by atoms with Crippen LogP contribution in [0.5, 0.6) is 0 Å². The molecule has 4 heteroatoms. The first kappa shape index (κ1) is 10.2. The number of hydrogen-bond donors (Lipinski definition) is 0. The fraction of sp³-hybridized carbons (Fsp3) is 0.273. The van der Waals surface area contributed by atoms with Crippen molar-refractivity contribution in [3.63, 3.8) is 0 Å². The van der Waals surface area contributed by atoms with Gasteiger partial charge in [0.25, 0.3) is 0 Å². The molecule has 2 aromatic rings. The number of nitrogens with zero attached hydrogens (tertiary/aromatic N) is 2. The third kappa shape index (κ3) is 2.80. The molecule has 3 nitrogen and oxygen atoms in total. The van der Waals surface area contributed by atoms with Crippen LogP contribution in [0.4, 0.5) is 0 Å². The first-order valence-electron chi connectivity index (χ1n) is 4.79. The molecule has 0 aliphatic carbocycles. The van der Waals surface area contributed by atoms with E-state index in [4.69, 9.17) is 16.0 Å². The molecule has 0 radical (unpaired) electrons. The van der Waals surface area contributed by atoms with Crippen molar-refractivity contribution < 1.29 is 4.42 Å². The van der Waals surface area contributed by atoms with Crippen LogP contribution in [-0.4, -0.2) is 10.2 Å². The average molecular weight is 223 g/mol. The number of aromatic nitrogens is 2. The van der Waals surface area contributed by atoms with Crippen LogP contribution >= 0.6 is 11.6 Å². The highest BCUT2D eigenvalue weighted by Crippen LogP contribution is 2.07. The third-order valence-corrected chi connectivity index (χ3v) is 2.32. The Morgan fingerprint density at radius 3 is 2.40 bits per heavy atom. The second-order valence-corrected chi connectivity index (χ2v) is 3.48. The van der Waals surface area contributed by atoms with Gasteiger partial charge in [-0.1, -0.05) is 30.3 Å². The number of hydrogen-bond acceptors (Lipinski definition) is 3. The maximum absolute atomic E-state index is 5.56. The second-order valence-electron chi connectivity index (χ2n) is 3.21. The molecule has 78 valence electrons. The summed E-state index contributed by atoms with van der Waals surface area (Å²) in [5, 5.41) is 7.70. The zero-order valence-electron chi connectivity index (χ0n) is 8.19. The smallest absolute Gasteiger partial charge is 0.231 e. The van der Waals surface area contributed by atoms with Gasteiger partial charge in [-0.25, -0.2) is 0 Å². The molecule has 0 aliphatic rings. The maximum Gasteiger partial charge on any atom is 0.231 e. The number of halogens is 1. The SMILES string of the molecule is ClCc1nnc(CCc2ccccc2)o1. The van der Waals surface area contributed by atoms with Gasteiger partial charge in [0.05, 0.1) is 0 Å². The van der Waals surface area contributed by atoms with Crippen LogP contribution in [0.1, 0.15) is 17.3 Å². The second kappa shape index (κ2) is 4.94. The van der Waals surface area contributed by atoms with E-state index in [1.807, 2.05) is 18.2 Å². The molecule has 2 rings (SSSR count). The Hall–Kier alpha value is -1.35. The molecule has 1 aromatic carbocycles. The Morgan fingerprint density at radius 1 is 1.00 bits per heavy atom. The van der Waals surface area contributed by atoms with Gasteiger partial charge in [-0.3, -0.25) is 0 Å². The molecule has 15 heavy (non-hydrogen) atoms. The van der Waals surface area contributed by atoms with Crippen LogP contribution in [0, 0.1) is 0 Å². The van der Waals surface area contributed by atoms with Crippen molar-refractivity contribution in [3.8, 4) is 0 Å². The van der Waals surface area contributed by atoms with Gasteiger partial charge in [-0.2, -0.15) is 0 Å². The van der Waals surface area contributed by atoms with E-state index in [9.17, 15) is 0 Å². The topological polar surface area (TPSA) is 38.9 Å². The van der Waals surface area contributed by atoms with Gasteiger partial charge in [0, 0.05) is 6.42 Å². The predicted molar refractivity (Wildman–Crippen MR) is 57.7 cm³/mol. The molecule has 0 aliphatic heterocycles. The Balaban J connectivity index is 1.93. The van der Waals surface area contributed by atoms with E-state index in [0.29, 0.717) is 11.8 Å². The molecule has 0 unspecified atom stereocenters. The van der Waals surface area contributed by atoms with Crippen LogP contribution in [0.15, 0.2) is 34.7 Å². The molecule has 0 fully saturated rings. The van der Waals surface area contributed by atoms with Crippen LogP contribution in [-0.2, 0) is 18.7 Å². The lowest BCUT2D eigenvalue weighted by molar-refractivity contribution is 0.463. The molecular formula is C11H11ClN2O. The minimum Gasteiger partial charge on any atom is -0.424 e. The Kier molecular flexibility index (Phi) is 3.35. The summed E-state index contributed by atoms with van der Waals surface area (Å²) in [5.74, 6) is 1.41. The van der Waals surface area contributed by atoms with Gasteiger partial charge in [-0.15, -0.1) is 21.8 Å². The van der Waals surface area contributed by atoms with E-state index in [2.05, 4.69) is 22.3 Å². The molecule has 0 atom stereocenters. The standard InChI is InChI=1S/C11H11ClN2O/c12-8-11-14-13-10(15-11)7-6-9-4-2-1-3-5-9/h1-5H,6-8H2. The minimum atomic E-state index is 0.276. The summed E-state index contributed by atoms with van der Waals surface area (Å²) in [6.07, 6.45) is 1.67. The van der Waals surface area contributed by atoms with Gasteiger partial charge >= 0.3 is 0 Å². The molecule has 1 aromatic heterocycles. The van der Waals surface area contributed by atoms with Crippen molar-refractivity contribution in [3.05, 3.63) is 47.7 Å². The zero-order valence-corrected chi connectivity index (χ0v) is 8.94. The molecule has 0 saturated heterocycles. The number of aryl methyl sites for hydroxylation is 2. The third-order valence-electron chi connectivity index (χ3n) is 2.09. The van der Waals surface area contributed by atoms with Crippen molar-refractivity contribution >= 4 is 11.6 Å². The zero-order chi connectivity index (χ0) is 10.5. The van der Waals surface area contributed by atoms with Crippen LogP contribution in [0.2, 0.25) is 0 Å². The number of alkyl halides is 1. The van der Waals surface area contributed by atoms with Crippen LogP contribution in [0.25, 0.3) is 0 Å². The maximum atomic E-state index is 5.56. The minimum absolute atomic E-state index is 0.276. The quantitative estimate of drug-likeness (QED) is 0.747. The first-order chi connectivity index (χ1) is 7.38. The summed E-state index contributed by atoms with van der Waals surface area (Å²) < 4.78 is 5.30. The van der Waals surface area contributed by atoms with E-state index < -0.39 is 0 Å². The Morgan fingerprint density at radius 2 is 1.73 bits per heavy atom. The summed E-state index contributed by atoms with van der Waals surface area (Å²) in [6, 6.07) is 10.2. The highest BCUT2D eigenvalue weighted by atomic mass is 35.5. The lowest BCUT2D eigenvalue weighted by atomic mass is 10.1. The molecular weight excluding hydrogens is 212 g/mol. The highest BCUT2D eigenvalue weighted by molar-refractivity contribution is 6.16. The molecule has 1 heterocycles. The summed E-state index contributed by atoms with van der Waals surface area (Å²) in [4.78, 5) is 0. The number of rotatable bonds is 4. The molecule has 0 N–H and O–H groups in total. The Bertz CT molecular complexity index is 414. The summed E-state index contributed by atoms with van der Waals surface area (Å²) in [5.41, 5.74) is 1.27. The molecule has 0 spiro atoms. The Labute approximate surface area is 93.1 Å². The van der Waals surface area contributed by atoms with Gasteiger partial charge in [0.1, 0.15) is 5.88 Å². The molecule has 0 saturated carbocycles. The van der Waals surface area contributed by atoms with Gasteiger partial charge < -0.3 is 4.42 Å². The van der Waals surface area contributed by atoms with Crippen molar-refractivity contribution in [2.24, 2.45) is 0 Å². The largest absolute Gasteiger partial charge is 0.424 e. The van der Waals surface area contributed by atoms with Gasteiger partial charge in [-0.05, 0) is 12.0 Å². The van der Waals surface area contributed by atoms with Crippen molar-refractivity contribution in [2.75, 3.05) is 0 Å².